The van der Waals surface area contributed by atoms with Crippen molar-refractivity contribution in [3.8, 4) is 0 Å². The number of aromatic nitrogens is 3. The Labute approximate surface area is 115 Å². The third kappa shape index (κ3) is 3.67. The molecule has 110 valence electrons. The molecule has 0 aliphatic carbocycles. The molecular weight excluding hydrogens is 264 g/mol. The van der Waals surface area contributed by atoms with Gasteiger partial charge in [0.05, 0.1) is 12.7 Å². The first-order valence-corrected chi connectivity index (χ1v) is 6.48. The number of rotatable bonds is 4. The second kappa shape index (κ2) is 6.33. The monoisotopic (exact) mass is 282 g/mol. The van der Waals surface area contributed by atoms with Crippen molar-refractivity contribution in [1.82, 2.24) is 25.2 Å². The highest BCUT2D eigenvalue weighted by Crippen LogP contribution is 2.07. The fourth-order valence-corrected chi connectivity index (χ4v) is 2.09. The van der Waals surface area contributed by atoms with E-state index in [2.05, 4.69) is 15.6 Å². The van der Waals surface area contributed by atoms with E-state index in [0.717, 1.165) is 12.8 Å². The Morgan fingerprint density at radius 1 is 1.55 bits per heavy atom. The number of hydrogen-bond acceptors (Lipinski definition) is 5. The number of nitrogens with one attached hydrogen (secondary N) is 1. The fourth-order valence-electron chi connectivity index (χ4n) is 2.09. The Hall–Kier alpha value is -2.16. The first-order valence-electron chi connectivity index (χ1n) is 6.48. The Morgan fingerprint density at radius 2 is 2.35 bits per heavy atom. The molecule has 1 aromatic heterocycles. The molecule has 1 aliphatic heterocycles. The minimum Gasteiger partial charge on any atom is -0.476 e. The average molecular weight is 282 g/mol. The molecule has 9 nitrogen and oxygen atoms in total. The van der Waals surface area contributed by atoms with Crippen LogP contribution in [0.2, 0.25) is 0 Å². The second-order valence-corrected chi connectivity index (χ2v) is 4.75. The van der Waals surface area contributed by atoms with E-state index in [9.17, 15) is 9.59 Å². The highest BCUT2D eigenvalue weighted by molar-refractivity contribution is 5.84. The van der Waals surface area contributed by atoms with E-state index in [1.165, 1.54) is 10.9 Å². The van der Waals surface area contributed by atoms with Gasteiger partial charge in [0.1, 0.15) is 0 Å². The molecule has 0 spiro atoms. The summed E-state index contributed by atoms with van der Waals surface area (Å²) in [6, 6.07) is -0.110. The van der Waals surface area contributed by atoms with Crippen LogP contribution in [0.25, 0.3) is 0 Å². The second-order valence-electron chi connectivity index (χ2n) is 4.75. The standard InChI is InChI=1S/C11H18N6O3/c12-8-2-1-4-16(6-8)11(20)13-3-5-17-7-9(10(18)19)14-15-17/h7-8H,1-6,12H2,(H,13,20)(H,18,19). The van der Waals surface area contributed by atoms with Crippen LogP contribution in [0.3, 0.4) is 0 Å². The van der Waals surface area contributed by atoms with Crippen molar-refractivity contribution in [2.45, 2.75) is 25.4 Å². The fraction of sp³-hybridized carbons (Fsp3) is 0.636. The van der Waals surface area contributed by atoms with Crippen LogP contribution < -0.4 is 11.1 Å². The molecule has 2 heterocycles. The number of nitrogens with zero attached hydrogens (tertiary/aromatic N) is 4. The van der Waals surface area contributed by atoms with E-state index >= 15 is 0 Å². The van der Waals surface area contributed by atoms with Crippen molar-refractivity contribution < 1.29 is 14.7 Å². The molecule has 1 aromatic rings. The Balaban J connectivity index is 1.74. The molecule has 1 unspecified atom stereocenters. The SMILES string of the molecule is NC1CCCN(C(=O)NCCn2cc(C(=O)O)nn2)C1. The number of carbonyl (C=O) groups excluding carboxylic acids is 1. The lowest BCUT2D eigenvalue weighted by Gasteiger charge is -2.30. The number of amides is 2. The summed E-state index contributed by atoms with van der Waals surface area (Å²) < 4.78 is 1.38. The Bertz CT molecular complexity index is 488. The average Bonchev–Trinajstić information content (AvgIpc) is 2.87. The largest absolute Gasteiger partial charge is 0.476 e. The maximum Gasteiger partial charge on any atom is 0.358 e. The van der Waals surface area contributed by atoms with Gasteiger partial charge in [0.2, 0.25) is 0 Å². The van der Waals surface area contributed by atoms with Crippen LogP contribution in [-0.2, 0) is 6.54 Å². The summed E-state index contributed by atoms with van der Waals surface area (Å²) in [6.07, 6.45) is 3.19. The zero-order valence-electron chi connectivity index (χ0n) is 11.0. The van der Waals surface area contributed by atoms with Crippen LogP contribution in [0.5, 0.6) is 0 Å². The molecule has 0 radical (unpaired) electrons. The predicted molar refractivity (Wildman–Crippen MR) is 69.2 cm³/mol. The highest BCUT2D eigenvalue weighted by Gasteiger charge is 2.20. The lowest BCUT2D eigenvalue weighted by atomic mass is 10.1. The maximum absolute atomic E-state index is 11.9. The minimum absolute atomic E-state index is 0.0444. The maximum atomic E-state index is 11.9. The van der Waals surface area contributed by atoms with Crippen molar-refractivity contribution in [2.75, 3.05) is 19.6 Å². The zero-order chi connectivity index (χ0) is 14.5. The molecule has 2 rings (SSSR count). The quantitative estimate of drug-likeness (QED) is 0.657. The van der Waals surface area contributed by atoms with E-state index in [0.29, 0.717) is 26.2 Å². The van der Waals surface area contributed by atoms with Gasteiger partial charge in [0.25, 0.3) is 0 Å². The van der Waals surface area contributed by atoms with Crippen LogP contribution in [0, 0.1) is 0 Å². The van der Waals surface area contributed by atoms with E-state index in [4.69, 9.17) is 10.8 Å². The van der Waals surface area contributed by atoms with Gasteiger partial charge in [-0.2, -0.15) is 0 Å². The molecule has 20 heavy (non-hydrogen) atoms. The van der Waals surface area contributed by atoms with Gasteiger partial charge in [-0.25, -0.2) is 14.3 Å². The number of carboxylic acids is 1. The van der Waals surface area contributed by atoms with Crippen LogP contribution in [0.4, 0.5) is 4.79 Å². The number of hydrogen-bond donors (Lipinski definition) is 3. The summed E-state index contributed by atoms with van der Waals surface area (Å²) >= 11 is 0. The lowest BCUT2D eigenvalue weighted by molar-refractivity contribution is 0.0690. The number of carboxylic acid groups (broad SMARTS) is 1. The molecule has 1 aliphatic rings. The summed E-state index contributed by atoms with van der Waals surface area (Å²) in [4.78, 5) is 24.2. The van der Waals surface area contributed by atoms with Gasteiger partial charge >= 0.3 is 12.0 Å². The van der Waals surface area contributed by atoms with Crippen LogP contribution in [0.15, 0.2) is 6.20 Å². The van der Waals surface area contributed by atoms with E-state index in [-0.39, 0.29) is 17.8 Å². The number of carbonyl (C=O) groups is 2. The van der Waals surface area contributed by atoms with Gasteiger partial charge in [0.15, 0.2) is 5.69 Å². The molecule has 4 N–H and O–H groups in total. The third-order valence-electron chi connectivity index (χ3n) is 3.12. The van der Waals surface area contributed by atoms with Crippen LogP contribution in [-0.4, -0.2) is 62.7 Å². The first kappa shape index (κ1) is 14.3. The van der Waals surface area contributed by atoms with Gasteiger partial charge in [-0.15, -0.1) is 5.10 Å². The topological polar surface area (TPSA) is 126 Å². The van der Waals surface area contributed by atoms with Gasteiger partial charge in [-0.05, 0) is 12.8 Å². The Kier molecular flexibility index (Phi) is 4.51. The van der Waals surface area contributed by atoms with Gasteiger partial charge in [0, 0.05) is 25.7 Å². The molecule has 9 heteroatoms. The lowest BCUT2D eigenvalue weighted by Crippen LogP contribution is -2.50. The third-order valence-corrected chi connectivity index (χ3v) is 3.12. The summed E-state index contributed by atoms with van der Waals surface area (Å²) in [5, 5.41) is 18.6. The Morgan fingerprint density at radius 3 is 3.00 bits per heavy atom. The molecule has 0 saturated carbocycles. The number of piperidine rings is 1. The minimum atomic E-state index is -1.12. The van der Waals surface area contributed by atoms with Crippen LogP contribution >= 0.6 is 0 Å². The van der Waals surface area contributed by atoms with E-state index < -0.39 is 5.97 Å². The van der Waals surface area contributed by atoms with Crippen molar-refractivity contribution >= 4 is 12.0 Å². The normalized spacial score (nSPS) is 18.9. The molecule has 1 saturated heterocycles. The molecule has 1 fully saturated rings. The summed E-state index contributed by atoms with van der Waals surface area (Å²) in [6.45, 7) is 2.00. The van der Waals surface area contributed by atoms with Crippen molar-refractivity contribution in [1.29, 1.82) is 0 Å². The number of likely N-dealkylation sites (tertiary alicyclic amines) is 1. The van der Waals surface area contributed by atoms with Gasteiger partial charge < -0.3 is 21.1 Å². The molecule has 2 amide bonds. The van der Waals surface area contributed by atoms with E-state index in [1.807, 2.05) is 0 Å². The molecule has 1 atom stereocenters. The summed E-state index contributed by atoms with van der Waals surface area (Å²) in [7, 11) is 0. The summed E-state index contributed by atoms with van der Waals surface area (Å²) in [5.74, 6) is -1.12. The number of nitrogens with two attached hydrogens (primary N) is 1. The molecule has 0 aromatic carbocycles. The van der Waals surface area contributed by atoms with Gasteiger partial charge in [-0.1, -0.05) is 5.21 Å². The zero-order valence-corrected chi connectivity index (χ0v) is 11.0. The van der Waals surface area contributed by atoms with E-state index in [1.54, 1.807) is 4.90 Å². The van der Waals surface area contributed by atoms with Crippen molar-refractivity contribution in [3.63, 3.8) is 0 Å². The predicted octanol–water partition coefficient (Wildman–Crippen LogP) is -0.891. The highest BCUT2D eigenvalue weighted by atomic mass is 16.4. The summed E-state index contributed by atoms with van der Waals surface area (Å²) in [5.41, 5.74) is 5.70. The first-order chi connectivity index (χ1) is 9.56. The van der Waals surface area contributed by atoms with Crippen LogP contribution in [0.1, 0.15) is 23.3 Å². The van der Waals surface area contributed by atoms with Gasteiger partial charge in [-0.3, -0.25) is 0 Å². The van der Waals surface area contributed by atoms with Crippen molar-refractivity contribution in [3.05, 3.63) is 11.9 Å². The number of aromatic carboxylic acids is 1. The van der Waals surface area contributed by atoms with Crippen molar-refractivity contribution in [2.24, 2.45) is 5.73 Å². The number of urea groups is 1. The smallest absolute Gasteiger partial charge is 0.358 e. The molecule has 0 bridgehead atoms. The molecular formula is C11H18N6O3.